The third-order valence-electron chi connectivity index (χ3n) is 2.04. The summed E-state index contributed by atoms with van der Waals surface area (Å²) < 4.78 is 37.9. The molecule has 0 bridgehead atoms. The topological polar surface area (TPSA) is 56.9 Å². The Morgan fingerprint density at radius 2 is 1.83 bits per heavy atom. The average molecular weight is 283 g/mol. The van der Waals surface area contributed by atoms with E-state index in [1.54, 1.807) is 13.8 Å². The molecule has 18 heavy (non-hydrogen) atoms. The van der Waals surface area contributed by atoms with Gasteiger partial charge in [0, 0.05) is 6.54 Å². The highest BCUT2D eigenvalue weighted by Gasteiger charge is 2.30. The number of hydrogen-bond acceptors (Lipinski definition) is 4. The standard InChI is InChI=1S/C9H12F3N3O2S/c1-3-14-7(18-4-2)13-6(16)15(8(14)17)5-9(10,11)12/h3-5H2,1-2H3. The number of nitrogens with zero attached hydrogens (tertiary/aromatic N) is 3. The minimum absolute atomic E-state index is 0.100. The van der Waals surface area contributed by atoms with Crippen LogP contribution in [0.4, 0.5) is 13.2 Å². The molecule has 0 spiro atoms. The third-order valence-corrected chi connectivity index (χ3v) is 2.90. The van der Waals surface area contributed by atoms with Crippen LogP contribution in [0, 0.1) is 0 Å². The third kappa shape index (κ3) is 3.37. The first kappa shape index (κ1) is 14.8. The Kier molecular flexibility index (Phi) is 4.60. The predicted molar refractivity (Wildman–Crippen MR) is 60.9 cm³/mol. The monoisotopic (exact) mass is 283 g/mol. The summed E-state index contributed by atoms with van der Waals surface area (Å²) in [4.78, 5) is 26.7. The van der Waals surface area contributed by atoms with E-state index in [2.05, 4.69) is 4.98 Å². The highest BCUT2D eigenvalue weighted by Crippen LogP contribution is 2.16. The molecule has 0 N–H and O–H groups in total. The Bertz CT molecular complexity index is 535. The molecular weight excluding hydrogens is 271 g/mol. The lowest BCUT2D eigenvalue weighted by molar-refractivity contribution is -0.142. The summed E-state index contributed by atoms with van der Waals surface area (Å²) >= 11 is 1.14. The van der Waals surface area contributed by atoms with E-state index in [1.807, 2.05) is 0 Å². The van der Waals surface area contributed by atoms with Gasteiger partial charge in [-0.3, -0.25) is 4.57 Å². The summed E-state index contributed by atoms with van der Waals surface area (Å²) in [6.07, 6.45) is -4.63. The molecule has 0 aliphatic rings. The highest BCUT2D eigenvalue weighted by atomic mass is 32.2. The van der Waals surface area contributed by atoms with Gasteiger partial charge in [-0.05, 0) is 12.7 Å². The number of aromatic nitrogens is 3. The van der Waals surface area contributed by atoms with Crippen LogP contribution in [0.15, 0.2) is 14.7 Å². The Hall–Kier alpha value is -1.25. The Morgan fingerprint density at radius 1 is 1.22 bits per heavy atom. The van der Waals surface area contributed by atoms with Gasteiger partial charge in [-0.1, -0.05) is 18.7 Å². The van der Waals surface area contributed by atoms with Crippen LogP contribution in [-0.4, -0.2) is 26.0 Å². The molecule has 0 saturated heterocycles. The van der Waals surface area contributed by atoms with E-state index in [9.17, 15) is 22.8 Å². The molecule has 5 nitrogen and oxygen atoms in total. The van der Waals surface area contributed by atoms with Gasteiger partial charge < -0.3 is 0 Å². The van der Waals surface area contributed by atoms with Crippen molar-refractivity contribution in [2.24, 2.45) is 0 Å². The summed E-state index contributed by atoms with van der Waals surface area (Å²) in [5.41, 5.74) is -2.15. The molecule has 0 saturated carbocycles. The van der Waals surface area contributed by atoms with Crippen molar-refractivity contribution in [2.45, 2.75) is 38.3 Å². The van der Waals surface area contributed by atoms with Gasteiger partial charge in [0.05, 0.1) is 0 Å². The van der Waals surface area contributed by atoms with Crippen molar-refractivity contribution in [3.63, 3.8) is 0 Å². The maximum atomic E-state index is 12.2. The normalized spacial score (nSPS) is 11.8. The fourth-order valence-electron chi connectivity index (χ4n) is 1.34. The average Bonchev–Trinajstić information content (AvgIpc) is 2.24. The quantitative estimate of drug-likeness (QED) is 0.776. The zero-order valence-electron chi connectivity index (χ0n) is 9.82. The molecule has 0 atom stereocenters. The van der Waals surface area contributed by atoms with Crippen molar-refractivity contribution < 1.29 is 13.2 Å². The van der Waals surface area contributed by atoms with Crippen LogP contribution in [0.3, 0.4) is 0 Å². The van der Waals surface area contributed by atoms with Gasteiger partial charge >= 0.3 is 17.6 Å². The van der Waals surface area contributed by atoms with Crippen LogP contribution in [-0.2, 0) is 13.1 Å². The van der Waals surface area contributed by atoms with Crippen molar-refractivity contribution in [3.05, 3.63) is 21.0 Å². The van der Waals surface area contributed by atoms with E-state index in [4.69, 9.17) is 0 Å². The predicted octanol–water partition coefficient (Wildman–Crippen LogP) is 1.10. The molecule has 0 aromatic carbocycles. The largest absolute Gasteiger partial charge is 0.406 e. The minimum atomic E-state index is -4.63. The van der Waals surface area contributed by atoms with Crippen LogP contribution in [0.1, 0.15) is 13.8 Å². The van der Waals surface area contributed by atoms with Gasteiger partial charge in [-0.2, -0.15) is 18.2 Å². The number of alkyl halides is 3. The maximum Gasteiger partial charge on any atom is 0.406 e. The fourth-order valence-corrected chi connectivity index (χ4v) is 2.10. The van der Waals surface area contributed by atoms with Crippen LogP contribution >= 0.6 is 11.8 Å². The highest BCUT2D eigenvalue weighted by molar-refractivity contribution is 7.99. The zero-order valence-corrected chi connectivity index (χ0v) is 10.6. The zero-order chi connectivity index (χ0) is 13.9. The summed E-state index contributed by atoms with van der Waals surface area (Å²) in [5, 5.41) is 0.147. The molecule has 9 heteroatoms. The molecule has 0 amide bonds. The first-order chi connectivity index (χ1) is 8.30. The molecule has 102 valence electrons. The summed E-state index contributed by atoms with van der Waals surface area (Å²) in [5.74, 6) is 0.565. The van der Waals surface area contributed by atoms with Gasteiger partial charge in [0.15, 0.2) is 5.16 Å². The second-order valence-corrected chi connectivity index (χ2v) is 4.57. The van der Waals surface area contributed by atoms with Gasteiger partial charge in [-0.25, -0.2) is 14.2 Å². The lowest BCUT2D eigenvalue weighted by Gasteiger charge is -2.12. The van der Waals surface area contributed by atoms with Crippen LogP contribution in [0.2, 0.25) is 0 Å². The van der Waals surface area contributed by atoms with E-state index < -0.39 is 24.1 Å². The lowest BCUT2D eigenvalue weighted by Crippen LogP contribution is -2.45. The molecule has 0 unspecified atom stereocenters. The molecule has 1 aromatic heterocycles. The molecule has 0 aliphatic carbocycles. The lowest BCUT2D eigenvalue weighted by atomic mass is 10.6. The fraction of sp³-hybridized carbons (Fsp3) is 0.667. The SMILES string of the molecule is CCSc1nc(=O)n(CC(F)(F)F)c(=O)n1CC. The minimum Gasteiger partial charge on any atom is -0.273 e. The van der Waals surface area contributed by atoms with E-state index in [0.717, 1.165) is 16.3 Å². The molecule has 1 heterocycles. The van der Waals surface area contributed by atoms with Crippen LogP contribution in [0.25, 0.3) is 0 Å². The van der Waals surface area contributed by atoms with Crippen molar-refractivity contribution in [2.75, 3.05) is 5.75 Å². The van der Waals surface area contributed by atoms with E-state index in [-0.39, 0.29) is 16.3 Å². The number of rotatable bonds is 4. The molecule has 0 fully saturated rings. The van der Waals surface area contributed by atoms with Gasteiger partial charge in [0.25, 0.3) is 0 Å². The van der Waals surface area contributed by atoms with E-state index >= 15 is 0 Å². The first-order valence-corrected chi connectivity index (χ1v) is 6.20. The Morgan fingerprint density at radius 3 is 2.28 bits per heavy atom. The Balaban J connectivity index is 3.39. The molecule has 1 aromatic rings. The molecule has 0 radical (unpaired) electrons. The second-order valence-electron chi connectivity index (χ2n) is 3.34. The van der Waals surface area contributed by atoms with Gasteiger partial charge in [-0.15, -0.1) is 0 Å². The van der Waals surface area contributed by atoms with E-state index in [1.165, 1.54) is 0 Å². The summed E-state index contributed by atoms with van der Waals surface area (Å²) in [6.45, 7) is 1.93. The van der Waals surface area contributed by atoms with Crippen LogP contribution in [0.5, 0.6) is 0 Å². The molecule has 0 aliphatic heterocycles. The maximum absolute atomic E-state index is 12.2. The first-order valence-electron chi connectivity index (χ1n) is 5.21. The second kappa shape index (κ2) is 5.59. The van der Waals surface area contributed by atoms with Crippen molar-refractivity contribution in [1.29, 1.82) is 0 Å². The van der Waals surface area contributed by atoms with E-state index in [0.29, 0.717) is 5.75 Å². The number of hydrogen-bond donors (Lipinski definition) is 0. The summed E-state index contributed by atoms with van der Waals surface area (Å²) in [7, 11) is 0. The van der Waals surface area contributed by atoms with Gasteiger partial charge in [0.1, 0.15) is 6.54 Å². The number of thioether (sulfide) groups is 1. The van der Waals surface area contributed by atoms with Crippen LogP contribution < -0.4 is 11.4 Å². The molecule has 1 rings (SSSR count). The molecular formula is C9H12F3N3O2S. The van der Waals surface area contributed by atoms with Crippen molar-refractivity contribution >= 4 is 11.8 Å². The summed E-state index contributed by atoms with van der Waals surface area (Å²) in [6, 6.07) is 0. The van der Waals surface area contributed by atoms with Crippen molar-refractivity contribution in [3.8, 4) is 0 Å². The van der Waals surface area contributed by atoms with Crippen molar-refractivity contribution in [1.82, 2.24) is 14.1 Å². The number of halogens is 3. The Labute approximate surface area is 105 Å². The van der Waals surface area contributed by atoms with Gasteiger partial charge in [0.2, 0.25) is 0 Å². The smallest absolute Gasteiger partial charge is 0.273 e.